The number of thiophene rings is 1. The molecule has 106 valence electrons. The van der Waals surface area contributed by atoms with Crippen LogP contribution in [0, 0.1) is 6.92 Å². The summed E-state index contributed by atoms with van der Waals surface area (Å²) in [6.07, 6.45) is 2.74. The lowest BCUT2D eigenvalue weighted by Gasteiger charge is -2.21. The Morgan fingerprint density at radius 1 is 1.25 bits per heavy atom. The monoisotopic (exact) mass is 286 g/mol. The summed E-state index contributed by atoms with van der Waals surface area (Å²) >= 11 is 1.87. The lowest BCUT2D eigenvalue weighted by Crippen LogP contribution is -2.30. The van der Waals surface area contributed by atoms with Crippen molar-refractivity contribution in [2.45, 2.75) is 32.4 Å². The number of hydrogen-bond acceptors (Lipinski definition) is 3. The number of hydrogen-bond donors (Lipinski definition) is 1. The molecule has 0 radical (unpaired) electrons. The van der Waals surface area contributed by atoms with Crippen LogP contribution in [0.5, 0.6) is 0 Å². The molecule has 2 aromatic rings. The highest BCUT2D eigenvalue weighted by Crippen LogP contribution is 2.28. The molecule has 0 bridgehead atoms. The molecule has 0 atom stereocenters. The van der Waals surface area contributed by atoms with Gasteiger partial charge in [0.05, 0.1) is 0 Å². The second-order valence-electron chi connectivity index (χ2n) is 5.58. The van der Waals surface area contributed by atoms with Gasteiger partial charge in [0.25, 0.3) is 0 Å². The molecule has 1 fully saturated rings. The van der Waals surface area contributed by atoms with Crippen molar-refractivity contribution in [1.29, 1.82) is 0 Å². The number of benzene rings is 1. The van der Waals surface area contributed by atoms with Crippen molar-refractivity contribution in [3.8, 4) is 0 Å². The van der Waals surface area contributed by atoms with E-state index < -0.39 is 0 Å². The van der Waals surface area contributed by atoms with Gasteiger partial charge in [0.1, 0.15) is 0 Å². The molecular weight excluding hydrogens is 264 g/mol. The number of rotatable bonds is 7. The Bertz CT molecular complexity index is 532. The Morgan fingerprint density at radius 3 is 2.85 bits per heavy atom. The summed E-state index contributed by atoms with van der Waals surface area (Å²) in [6.45, 7) is 5.39. The highest BCUT2D eigenvalue weighted by Gasteiger charge is 2.28. The van der Waals surface area contributed by atoms with Gasteiger partial charge in [0.15, 0.2) is 0 Å². The fourth-order valence-electron chi connectivity index (χ4n) is 2.53. The quantitative estimate of drug-likeness (QED) is 0.823. The van der Waals surface area contributed by atoms with Gasteiger partial charge in [-0.05, 0) is 48.9 Å². The molecular formula is C17H22N2S. The SMILES string of the molecule is Cc1cccc(NCCN(Cc2cccs2)C2CC2)c1. The topological polar surface area (TPSA) is 15.3 Å². The molecule has 3 heteroatoms. The van der Waals surface area contributed by atoms with Crippen molar-refractivity contribution in [3.05, 3.63) is 52.2 Å². The number of anilines is 1. The predicted molar refractivity (Wildman–Crippen MR) is 87.4 cm³/mol. The maximum Gasteiger partial charge on any atom is 0.0343 e. The van der Waals surface area contributed by atoms with Crippen molar-refractivity contribution in [1.82, 2.24) is 4.90 Å². The molecule has 20 heavy (non-hydrogen) atoms. The predicted octanol–water partition coefficient (Wildman–Crippen LogP) is 4.13. The minimum absolute atomic E-state index is 0.816. The molecule has 0 aliphatic heterocycles. The standard InChI is InChI=1S/C17H22N2S/c1-14-4-2-5-15(12-14)18-9-10-19(16-7-8-16)13-17-6-3-11-20-17/h2-6,11-12,16,18H,7-10,13H2,1H3. The van der Waals surface area contributed by atoms with E-state index in [4.69, 9.17) is 0 Å². The fourth-order valence-corrected chi connectivity index (χ4v) is 3.26. The summed E-state index contributed by atoms with van der Waals surface area (Å²) in [5, 5.41) is 5.71. The average Bonchev–Trinajstić information content (AvgIpc) is 3.16. The molecule has 2 nitrogen and oxygen atoms in total. The van der Waals surface area contributed by atoms with Gasteiger partial charge in [0, 0.05) is 36.2 Å². The lowest BCUT2D eigenvalue weighted by molar-refractivity contribution is 0.267. The van der Waals surface area contributed by atoms with Crippen molar-refractivity contribution in [3.63, 3.8) is 0 Å². The Morgan fingerprint density at radius 2 is 2.15 bits per heavy atom. The Balaban J connectivity index is 1.50. The van der Waals surface area contributed by atoms with Crippen LogP contribution in [0.25, 0.3) is 0 Å². The van der Waals surface area contributed by atoms with Gasteiger partial charge in [-0.1, -0.05) is 18.2 Å². The first-order valence-corrected chi connectivity index (χ1v) is 8.26. The van der Waals surface area contributed by atoms with Crippen LogP contribution in [0.3, 0.4) is 0 Å². The van der Waals surface area contributed by atoms with Crippen LogP contribution in [0.15, 0.2) is 41.8 Å². The summed E-state index contributed by atoms with van der Waals surface area (Å²) in [7, 11) is 0. The van der Waals surface area contributed by atoms with E-state index in [-0.39, 0.29) is 0 Å². The molecule has 0 spiro atoms. The number of aryl methyl sites for hydroxylation is 1. The summed E-state index contributed by atoms with van der Waals surface area (Å²) in [6, 6.07) is 13.8. The van der Waals surface area contributed by atoms with E-state index in [1.54, 1.807) is 0 Å². The van der Waals surface area contributed by atoms with Crippen molar-refractivity contribution >= 4 is 17.0 Å². The van der Waals surface area contributed by atoms with Crippen molar-refractivity contribution < 1.29 is 0 Å². The average molecular weight is 286 g/mol. The number of nitrogens with one attached hydrogen (secondary N) is 1. The van der Waals surface area contributed by atoms with Gasteiger partial charge in [0.2, 0.25) is 0 Å². The zero-order valence-electron chi connectivity index (χ0n) is 12.0. The van der Waals surface area contributed by atoms with Crippen LogP contribution >= 0.6 is 11.3 Å². The molecule has 1 aromatic carbocycles. The Kier molecular flexibility index (Phi) is 4.38. The van der Waals surface area contributed by atoms with E-state index in [9.17, 15) is 0 Å². The third-order valence-corrected chi connectivity index (χ3v) is 4.61. The normalized spacial score (nSPS) is 14.7. The minimum Gasteiger partial charge on any atom is -0.384 e. The first-order valence-electron chi connectivity index (χ1n) is 7.38. The van der Waals surface area contributed by atoms with Crippen LogP contribution in [-0.2, 0) is 6.54 Å². The molecule has 1 aromatic heterocycles. The van der Waals surface area contributed by atoms with Gasteiger partial charge in [-0.2, -0.15) is 0 Å². The number of nitrogens with zero attached hydrogens (tertiary/aromatic N) is 1. The van der Waals surface area contributed by atoms with E-state index in [1.807, 2.05) is 11.3 Å². The van der Waals surface area contributed by atoms with E-state index >= 15 is 0 Å². The van der Waals surface area contributed by atoms with Crippen LogP contribution < -0.4 is 5.32 Å². The maximum absolute atomic E-state index is 3.54. The Labute approximate surface area is 125 Å². The fraction of sp³-hybridized carbons (Fsp3) is 0.412. The van der Waals surface area contributed by atoms with Crippen LogP contribution in [-0.4, -0.2) is 24.0 Å². The van der Waals surface area contributed by atoms with Crippen LogP contribution in [0.2, 0.25) is 0 Å². The molecule has 1 aliphatic rings. The second-order valence-corrected chi connectivity index (χ2v) is 6.61. The van der Waals surface area contributed by atoms with Crippen LogP contribution in [0.1, 0.15) is 23.3 Å². The second kappa shape index (κ2) is 6.42. The molecule has 0 amide bonds. The minimum atomic E-state index is 0.816. The highest BCUT2D eigenvalue weighted by atomic mass is 32.1. The molecule has 1 heterocycles. The molecule has 0 saturated heterocycles. The van der Waals surface area contributed by atoms with Crippen LogP contribution in [0.4, 0.5) is 5.69 Å². The van der Waals surface area contributed by atoms with Gasteiger partial charge in [-0.15, -0.1) is 11.3 Å². The molecule has 3 rings (SSSR count). The van der Waals surface area contributed by atoms with Crippen molar-refractivity contribution in [2.75, 3.05) is 18.4 Å². The summed E-state index contributed by atoms with van der Waals surface area (Å²) in [4.78, 5) is 4.10. The van der Waals surface area contributed by atoms with E-state index in [0.29, 0.717) is 0 Å². The maximum atomic E-state index is 3.54. The smallest absolute Gasteiger partial charge is 0.0343 e. The molecule has 1 saturated carbocycles. The van der Waals surface area contributed by atoms with Crippen molar-refractivity contribution in [2.24, 2.45) is 0 Å². The highest BCUT2D eigenvalue weighted by molar-refractivity contribution is 7.09. The zero-order valence-corrected chi connectivity index (χ0v) is 12.8. The third-order valence-electron chi connectivity index (χ3n) is 3.75. The largest absolute Gasteiger partial charge is 0.384 e. The third kappa shape index (κ3) is 3.84. The first-order chi connectivity index (χ1) is 9.81. The summed E-state index contributed by atoms with van der Waals surface area (Å²) in [5.41, 5.74) is 2.55. The van der Waals surface area contributed by atoms with E-state index in [0.717, 1.165) is 25.7 Å². The molecule has 0 unspecified atom stereocenters. The van der Waals surface area contributed by atoms with E-state index in [2.05, 4.69) is 58.9 Å². The lowest BCUT2D eigenvalue weighted by atomic mass is 10.2. The van der Waals surface area contributed by atoms with Gasteiger partial charge < -0.3 is 5.32 Å². The Hall–Kier alpha value is -1.32. The molecule has 1 N–H and O–H groups in total. The van der Waals surface area contributed by atoms with Gasteiger partial charge in [-0.3, -0.25) is 4.90 Å². The zero-order chi connectivity index (χ0) is 13.8. The van der Waals surface area contributed by atoms with E-state index in [1.165, 1.54) is 29.0 Å². The first kappa shape index (κ1) is 13.7. The van der Waals surface area contributed by atoms with Gasteiger partial charge in [-0.25, -0.2) is 0 Å². The summed E-state index contributed by atoms with van der Waals surface area (Å²) in [5.74, 6) is 0. The van der Waals surface area contributed by atoms with Gasteiger partial charge >= 0.3 is 0 Å². The molecule has 1 aliphatic carbocycles. The summed E-state index contributed by atoms with van der Waals surface area (Å²) < 4.78 is 0.